The molecule has 0 radical (unpaired) electrons. The minimum absolute atomic E-state index is 0.565. The van der Waals surface area contributed by atoms with Crippen LogP contribution in [-0.4, -0.2) is 12.1 Å². The van der Waals surface area contributed by atoms with Crippen molar-refractivity contribution in [2.45, 2.75) is 31.2 Å². The lowest BCUT2D eigenvalue weighted by Gasteiger charge is -2.57. The average Bonchev–Trinajstić information content (AvgIpc) is 2.12. The second-order valence-corrected chi connectivity index (χ2v) is 4.78. The molecule has 0 amide bonds. The van der Waals surface area contributed by atoms with E-state index in [0.29, 0.717) is 5.54 Å². The highest BCUT2D eigenvalue weighted by Gasteiger charge is 2.49. The fourth-order valence-corrected chi connectivity index (χ4v) is 2.84. The molecular weight excluding hydrogens is 170 g/mol. The third-order valence-electron chi connectivity index (χ3n) is 4.05. The van der Waals surface area contributed by atoms with Crippen LogP contribution in [-0.2, 0) is 6.42 Å². The Balaban J connectivity index is 1.68. The van der Waals surface area contributed by atoms with Crippen LogP contribution in [0.1, 0.15) is 24.8 Å². The van der Waals surface area contributed by atoms with Crippen molar-refractivity contribution in [1.29, 1.82) is 0 Å². The molecule has 74 valence electrons. The van der Waals surface area contributed by atoms with E-state index in [0.717, 1.165) is 5.92 Å². The summed E-state index contributed by atoms with van der Waals surface area (Å²) in [6.07, 6.45) is 5.52. The Morgan fingerprint density at radius 1 is 1.21 bits per heavy atom. The minimum Gasteiger partial charge on any atom is -0.311 e. The molecule has 2 fully saturated rings. The zero-order valence-corrected chi connectivity index (χ0v) is 8.50. The SMILES string of the molecule is c1ccc(CC2CNC23CCC3)cc1. The highest BCUT2D eigenvalue weighted by molar-refractivity contribution is 5.19. The maximum Gasteiger partial charge on any atom is 0.0225 e. The molecule has 1 aromatic rings. The van der Waals surface area contributed by atoms with Crippen molar-refractivity contribution in [1.82, 2.24) is 5.32 Å². The fraction of sp³-hybridized carbons (Fsp3) is 0.538. The van der Waals surface area contributed by atoms with Gasteiger partial charge in [-0.05, 0) is 37.2 Å². The normalized spacial score (nSPS) is 28.1. The fourth-order valence-electron chi connectivity index (χ4n) is 2.84. The Hall–Kier alpha value is -0.820. The van der Waals surface area contributed by atoms with Gasteiger partial charge in [-0.25, -0.2) is 0 Å². The molecule has 0 bridgehead atoms. The Labute approximate surface area is 85.5 Å². The number of hydrogen-bond donors (Lipinski definition) is 1. The van der Waals surface area contributed by atoms with Crippen LogP contribution >= 0.6 is 0 Å². The van der Waals surface area contributed by atoms with Crippen LogP contribution in [0, 0.1) is 5.92 Å². The molecule has 0 aromatic heterocycles. The first-order chi connectivity index (χ1) is 6.89. The van der Waals surface area contributed by atoms with Crippen molar-refractivity contribution in [2.24, 2.45) is 5.92 Å². The van der Waals surface area contributed by atoms with Crippen LogP contribution in [0.3, 0.4) is 0 Å². The highest BCUT2D eigenvalue weighted by Crippen LogP contribution is 2.44. The second-order valence-electron chi connectivity index (χ2n) is 4.78. The van der Waals surface area contributed by atoms with Crippen LogP contribution < -0.4 is 5.32 Å². The zero-order valence-electron chi connectivity index (χ0n) is 8.50. The Morgan fingerprint density at radius 3 is 2.50 bits per heavy atom. The number of hydrogen-bond acceptors (Lipinski definition) is 1. The van der Waals surface area contributed by atoms with E-state index < -0.39 is 0 Å². The predicted molar refractivity (Wildman–Crippen MR) is 58.2 cm³/mol. The van der Waals surface area contributed by atoms with Crippen molar-refractivity contribution in [3.63, 3.8) is 0 Å². The van der Waals surface area contributed by atoms with Gasteiger partial charge >= 0.3 is 0 Å². The molecule has 1 spiro atoms. The van der Waals surface area contributed by atoms with Gasteiger partial charge in [-0.3, -0.25) is 0 Å². The molecule has 1 heterocycles. The first kappa shape index (κ1) is 8.49. The molecule has 1 heteroatoms. The molecule has 1 unspecified atom stereocenters. The van der Waals surface area contributed by atoms with Gasteiger partial charge in [-0.1, -0.05) is 30.3 Å². The first-order valence-corrected chi connectivity index (χ1v) is 5.68. The standard InChI is InChI=1S/C13H17N/c1-2-5-11(6-3-1)9-12-10-14-13(12)7-4-8-13/h1-3,5-6,12,14H,4,7-10H2. The topological polar surface area (TPSA) is 12.0 Å². The molecule has 1 atom stereocenters. The highest BCUT2D eigenvalue weighted by atomic mass is 15.1. The molecule has 3 rings (SSSR count). The van der Waals surface area contributed by atoms with Crippen LogP contribution in [0.15, 0.2) is 30.3 Å². The second kappa shape index (κ2) is 3.09. The largest absolute Gasteiger partial charge is 0.311 e. The van der Waals surface area contributed by atoms with E-state index in [1.54, 1.807) is 0 Å². The van der Waals surface area contributed by atoms with E-state index >= 15 is 0 Å². The summed E-state index contributed by atoms with van der Waals surface area (Å²) in [5, 5.41) is 3.63. The number of rotatable bonds is 2. The minimum atomic E-state index is 0.565. The lowest BCUT2D eigenvalue weighted by Crippen LogP contribution is -2.69. The van der Waals surface area contributed by atoms with Gasteiger partial charge in [0.15, 0.2) is 0 Å². The van der Waals surface area contributed by atoms with Gasteiger partial charge in [0.25, 0.3) is 0 Å². The van der Waals surface area contributed by atoms with Gasteiger partial charge in [0, 0.05) is 12.1 Å². The molecule has 1 aliphatic carbocycles. The molecule has 1 aromatic carbocycles. The van der Waals surface area contributed by atoms with E-state index in [-0.39, 0.29) is 0 Å². The summed E-state index contributed by atoms with van der Waals surface area (Å²) in [6, 6.07) is 10.9. The molecular formula is C13H17N. The summed E-state index contributed by atoms with van der Waals surface area (Å²) in [5.74, 6) is 0.902. The molecule has 2 aliphatic rings. The van der Waals surface area contributed by atoms with E-state index in [1.807, 2.05) is 0 Å². The van der Waals surface area contributed by atoms with E-state index in [2.05, 4.69) is 35.6 Å². The van der Waals surface area contributed by atoms with Crippen LogP contribution in [0.25, 0.3) is 0 Å². The van der Waals surface area contributed by atoms with Crippen molar-refractivity contribution in [3.8, 4) is 0 Å². The van der Waals surface area contributed by atoms with Gasteiger partial charge in [-0.2, -0.15) is 0 Å². The van der Waals surface area contributed by atoms with Gasteiger partial charge in [0.2, 0.25) is 0 Å². The smallest absolute Gasteiger partial charge is 0.0225 e. The quantitative estimate of drug-likeness (QED) is 0.749. The average molecular weight is 187 g/mol. The Kier molecular flexibility index (Phi) is 1.88. The Bertz CT molecular complexity index is 308. The Morgan fingerprint density at radius 2 is 2.00 bits per heavy atom. The van der Waals surface area contributed by atoms with E-state index in [9.17, 15) is 0 Å². The van der Waals surface area contributed by atoms with Gasteiger partial charge in [0.05, 0.1) is 0 Å². The molecule has 1 N–H and O–H groups in total. The van der Waals surface area contributed by atoms with E-state index in [1.165, 1.54) is 37.8 Å². The number of benzene rings is 1. The lowest BCUT2D eigenvalue weighted by molar-refractivity contribution is 0.0201. The van der Waals surface area contributed by atoms with Gasteiger partial charge in [-0.15, -0.1) is 0 Å². The lowest BCUT2D eigenvalue weighted by atomic mass is 9.61. The third-order valence-corrected chi connectivity index (χ3v) is 4.05. The third kappa shape index (κ3) is 1.19. The molecule has 1 aliphatic heterocycles. The van der Waals surface area contributed by atoms with Crippen molar-refractivity contribution >= 4 is 0 Å². The predicted octanol–water partition coefficient (Wildman–Crippen LogP) is 2.37. The van der Waals surface area contributed by atoms with Crippen molar-refractivity contribution in [3.05, 3.63) is 35.9 Å². The summed E-state index contributed by atoms with van der Waals surface area (Å²) >= 11 is 0. The summed E-state index contributed by atoms with van der Waals surface area (Å²) in [7, 11) is 0. The summed E-state index contributed by atoms with van der Waals surface area (Å²) in [6.45, 7) is 1.23. The van der Waals surface area contributed by atoms with E-state index in [4.69, 9.17) is 0 Å². The molecule has 1 saturated carbocycles. The van der Waals surface area contributed by atoms with Crippen LogP contribution in [0.2, 0.25) is 0 Å². The molecule has 14 heavy (non-hydrogen) atoms. The van der Waals surface area contributed by atoms with Gasteiger partial charge in [0.1, 0.15) is 0 Å². The maximum atomic E-state index is 3.63. The molecule has 1 nitrogen and oxygen atoms in total. The van der Waals surface area contributed by atoms with Crippen molar-refractivity contribution in [2.75, 3.05) is 6.54 Å². The first-order valence-electron chi connectivity index (χ1n) is 5.68. The molecule has 1 saturated heterocycles. The van der Waals surface area contributed by atoms with Crippen LogP contribution in [0.5, 0.6) is 0 Å². The monoisotopic (exact) mass is 187 g/mol. The summed E-state index contributed by atoms with van der Waals surface area (Å²) in [4.78, 5) is 0. The van der Waals surface area contributed by atoms with Crippen molar-refractivity contribution < 1.29 is 0 Å². The maximum absolute atomic E-state index is 3.63. The summed E-state index contributed by atoms with van der Waals surface area (Å²) in [5.41, 5.74) is 2.07. The number of nitrogens with one attached hydrogen (secondary N) is 1. The summed E-state index contributed by atoms with van der Waals surface area (Å²) < 4.78 is 0. The van der Waals surface area contributed by atoms with Crippen LogP contribution in [0.4, 0.5) is 0 Å². The van der Waals surface area contributed by atoms with Gasteiger partial charge < -0.3 is 5.32 Å². The zero-order chi connectivity index (χ0) is 9.43.